The molecule has 1 heterocycles. The van der Waals surface area contributed by atoms with E-state index in [1.165, 1.54) is 0 Å². The molecule has 6 heteroatoms. The van der Waals surface area contributed by atoms with E-state index in [1.807, 2.05) is 13.0 Å². The minimum Gasteiger partial charge on any atom is -0.481 e. The fraction of sp³-hybridized carbons (Fsp3) is 0.417. The van der Waals surface area contributed by atoms with E-state index in [2.05, 4.69) is 0 Å². The Labute approximate surface area is 106 Å². The van der Waals surface area contributed by atoms with Gasteiger partial charge in [-0.25, -0.2) is 8.42 Å². The monoisotopic (exact) mass is 269 g/mol. The van der Waals surface area contributed by atoms with Gasteiger partial charge in [0, 0.05) is 7.05 Å². The second-order valence-electron chi connectivity index (χ2n) is 4.57. The van der Waals surface area contributed by atoms with E-state index < -0.39 is 21.8 Å². The summed E-state index contributed by atoms with van der Waals surface area (Å²) >= 11 is 0. The normalized spacial score (nSPS) is 21.4. The van der Waals surface area contributed by atoms with Crippen LogP contribution in [0.3, 0.4) is 0 Å². The highest BCUT2D eigenvalue weighted by Crippen LogP contribution is 2.35. The summed E-state index contributed by atoms with van der Waals surface area (Å²) in [6.45, 7) is 1.83. The number of anilines is 1. The number of hydrogen-bond acceptors (Lipinski definition) is 4. The molecule has 0 aromatic heterocycles. The largest absolute Gasteiger partial charge is 0.481 e. The summed E-state index contributed by atoms with van der Waals surface area (Å²) in [5.74, 6) is -1.13. The van der Waals surface area contributed by atoms with Crippen LogP contribution in [-0.2, 0) is 14.6 Å². The molecule has 0 spiro atoms. The number of para-hydroxylation sites is 1. The molecule has 0 radical (unpaired) electrons. The smallest absolute Gasteiger partial charge is 0.305 e. The van der Waals surface area contributed by atoms with Crippen LogP contribution >= 0.6 is 0 Å². The molecule has 98 valence electrons. The Balaban J connectivity index is 2.56. The Hall–Kier alpha value is -1.56. The molecule has 1 unspecified atom stereocenters. The maximum absolute atomic E-state index is 12.1. The maximum Gasteiger partial charge on any atom is 0.305 e. The van der Waals surface area contributed by atoms with Crippen molar-refractivity contribution in [3.8, 4) is 0 Å². The standard InChI is InChI=1S/C12H15NO4S/c1-8-4-3-5-10-12(8)13(2)9(6-11(14)15)7-18(10,16)17/h3-5,9H,6-7H2,1-2H3,(H,14,15). The lowest BCUT2D eigenvalue weighted by Gasteiger charge is -2.36. The molecule has 2 rings (SSSR count). The van der Waals surface area contributed by atoms with Gasteiger partial charge in [0.15, 0.2) is 9.84 Å². The molecule has 0 saturated carbocycles. The summed E-state index contributed by atoms with van der Waals surface area (Å²) in [4.78, 5) is 12.9. The highest BCUT2D eigenvalue weighted by molar-refractivity contribution is 7.91. The average Bonchev–Trinajstić information content (AvgIpc) is 2.24. The summed E-state index contributed by atoms with van der Waals surface area (Å²) in [6, 6.07) is 4.59. The van der Waals surface area contributed by atoms with Gasteiger partial charge in [-0.1, -0.05) is 12.1 Å². The second-order valence-corrected chi connectivity index (χ2v) is 6.57. The van der Waals surface area contributed by atoms with Crippen LogP contribution in [0.15, 0.2) is 23.1 Å². The van der Waals surface area contributed by atoms with Crippen molar-refractivity contribution in [2.24, 2.45) is 0 Å². The molecule has 0 amide bonds. The molecule has 1 atom stereocenters. The Morgan fingerprint density at radius 2 is 2.17 bits per heavy atom. The molecule has 1 aliphatic heterocycles. The Bertz CT molecular complexity index is 594. The van der Waals surface area contributed by atoms with E-state index in [0.29, 0.717) is 10.6 Å². The van der Waals surface area contributed by atoms with Crippen molar-refractivity contribution in [3.63, 3.8) is 0 Å². The first-order chi connectivity index (χ1) is 8.33. The number of carboxylic acids is 1. The van der Waals surface area contributed by atoms with Gasteiger partial charge in [0.05, 0.1) is 28.8 Å². The maximum atomic E-state index is 12.1. The van der Waals surface area contributed by atoms with Crippen LogP contribution in [0.1, 0.15) is 12.0 Å². The number of nitrogens with zero attached hydrogens (tertiary/aromatic N) is 1. The Morgan fingerprint density at radius 1 is 1.50 bits per heavy atom. The van der Waals surface area contributed by atoms with Gasteiger partial charge in [0.2, 0.25) is 0 Å². The van der Waals surface area contributed by atoms with Gasteiger partial charge in [0.25, 0.3) is 0 Å². The van der Waals surface area contributed by atoms with E-state index in [-0.39, 0.29) is 12.2 Å². The zero-order valence-electron chi connectivity index (χ0n) is 10.3. The Morgan fingerprint density at radius 3 is 2.78 bits per heavy atom. The van der Waals surface area contributed by atoms with Crippen LogP contribution < -0.4 is 4.90 Å². The first-order valence-corrected chi connectivity index (χ1v) is 7.25. The highest BCUT2D eigenvalue weighted by atomic mass is 32.2. The lowest BCUT2D eigenvalue weighted by molar-refractivity contribution is -0.137. The van der Waals surface area contributed by atoms with E-state index >= 15 is 0 Å². The van der Waals surface area contributed by atoms with Crippen molar-refractivity contribution < 1.29 is 18.3 Å². The molecule has 0 saturated heterocycles. The van der Waals surface area contributed by atoms with Crippen molar-refractivity contribution in [1.82, 2.24) is 0 Å². The van der Waals surface area contributed by atoms with Crippen LogP contribution in [0.5, 0.6) is 0 Å². The predicted molar refractivity (Wildman–Crippen MR) is 67.7 cm³/mol. The first-order valence-electron chi connectivity index (χ1n) is 5.60. The van der Waals surface area contributed by atoms with Gasteiger partial charge in [0.1, 0.15) is 0 Å². The number of sulfone groups is 1. The molecule has 0 fully saturated rings. The van der Waals surface area contributed by atoms with E-state index in [0.717, 1.165) is 5.56 Å². The van der Waals surface area contributed by atoms with Gasteiger partial charge in [-0.2, -0.15) is 0 Å². The summed E-state index contributed by atoms with van der Waals surface area (Å²) in [7, 11) is -1.65. The number of aliphatic carboxylic acids is 1. The Kier molecular flexibility index (Phi) is 3.06. The lowest BCUT2D eigenvalue weighted by atomic mass is 10.1. The zero-order valence-corrected chi connectivity index (χ0v) is 11.1. The summed E-state index contributed by atoms with van der Waals surface area (Å²) in [6.07, 6.45) is -0.177. The lowest BCUT2D eigenvalue weighted by Crippen LogP contribution is -2.44. The van der Waals surface area contributed by atoms with E-state index in [4.69, 9.17) is 5.11 Å². The molecule has 1 aromatic rings. The summed E-state index contributed by atoms with van der Waals surface area (Å²) in [5.41, 5.74) is 1.46. The minimum atomic E-state index is -3.40. The topological polar surface area (TPSA) is 74.7 Å². The molecule has 1 aliphatic rings. The predicted octanol–water partition coefficient (Wildman–Crippen LogP) is 1.06. The van der Waals surface area contributed by atoms with Crippen LogP contribution in [0, 0.1) is 6.92 Å². The summed E-state index contributed by atoms with van der Waals surface area (Å²) in [5, 5.41) is 8.85. The van der Waals surface area contributed by atoms with E-state index in [1.54, 1.807) is 24.1 Å². The van der Waals surface area contributed by atoms with Crippen molar-refractivity contribution in [3.05, 3.63) is 23.8 Å². The van der Waals surface area contributed by atoms with Crippen molar-refractivity contribution in [2.45, 2.75) is 24.3 Å². The SMILES string of the molecule is Cc1cccc2c1N(C)C(CC(=O)O)CS2(=O)=O. The number of carbonyl (C=O) groups is 1. The molecule has 18 heavy (non-hydrogen) atoms. The molecule has 1 N–H and O–H groups in total. The molecular formula is C12H15NO4S. The van der Waals surface area contributed by atoms with Crippen LogP contribution in [0.25, 0.3) is 0 Å². The van der Waals surface area contributed by atoms with Gasteiger partial charge in [-0.3, -0.25) is 4.79 Å². The third kappa shape index (κ3) is 2.08. The fourth-order valence-electron chi connectivity index (χ4n) is 2.37. The van der Waals surface area contributed by atoms with Crippen LogP contribution in [0.2, 0.25) is 0 Å². The fourth-order valence-corrected chi connectivity index (χ4v) is 4.28. The number of fused-ring (bicyclic) bond motifs is 1. The van der Waals surface area contributed by atoms with Crippen molar-refractivity contribution in [2.75, 3.05) is 17.7 Å². The molecule has 5 nitrogen and oxygen atoms in total. The molecular weight excluding hydrogens is 254 g/mol. The number of aryl methyl sites for hydroxylation is 1. The molecule has 1 aromatic carbocycles. The molecule has 0 aliphatic carbocycles. The highest BCUT2D eigenvalue weighted by Gasteiger charge is 2.35. The minimum absolute atomic E-state index is 0.147. The average molecular weight is 269 g/mol. The van der Waals surface area contributed by atoms with Gasteiger partial charge in [-0.15, -0.1) is 0 Å². The summed E-state index contributed by atoms with van der Waals surface area (Å²) < 4.78 is 24.3. The van der Waals surface area contributed by atoms with Gasteiger partial charge in [-0.05, 0) is 18.6 Å². The van der Waals surface area contributed by atoms with Gasteiger partial charge >= 0.3 is 5.97 Å². The van der Waals surface area contributed by atoms with Crippen molar-refractivity contribution >= 4 is 21.5 Å². The quantitative estimate of drug-likeness (QED) is 0.869. The second kappa shape index (κ2) is 4.28. The number of hydrogen-bond donors (Lipinski definition) is 1. The molecule has 0 bridgehead atoms. The van der Waals surface area contributed by atoms with E-state index in [9.17, 15) is 13.2 Å². The van der Waals surface area contributed by atoms with Crippen LogP contribution in [0.4, 0.5) is 5.69 Å². The number of benzene rings is 1. The number of rotatable bonds is 2. The zero-order chi connectivity index (χ0) is 13.5. The van der Waals surface area contributed by atoms with Crippen LogP contribution in [-0.4, -0.2) is 38.3 Å². The third-order valence-corrected chi connectivity index (χ3v) is 5.08. The van der Waals surface area contributed by atoms with Crippen molar-refractivity contribution in [1.29, 1.82) is 0 Å². The first kappa shape index (κ1) is 12.9. The number of carboxylic acid groups (broad SMARTS) is 1. The third-order valence-electron chi connectivity index (χ3n) is 3.26. The van der Waals surface area contributed by atoms with Gasteiger partial charge < -0.3 is 10.0 Å².